The van der Waals surface area contributed by atoms with Gasteiger partial charge in [0.2, 0.25) is 0 Å². The molecule has 0 radical (unpaired) electrons. The summed E-state index contributed by atoms with van der Waals surface area (Å²) >= 11 is 5.87. The van der Waals surface area contributed by atoms with Crippen molar-refractivity contribution in [3.8, 4) is 0 Å². The van der Waals surface area contributed by atoms with Crippen LogP contribution in [0.15, 0.2) is 78.0 Å². The lowest BCUT2D eigenvalue weighted by molar-refractivity contribution is 0.251. The van der Waals surface area contributed by atoms with Gasteiger partial charge < -0.3 is 10.6 Å². The minimum atomic E-state index is -3.50. The van der Waals surface area contributed by atoms with Crippen molar-refractivity contribution in [1.82, 2.24) is 10.3 Å². The van der Waals surface area contributed by atoms with Crippen LogP contribution in [0.4, 0.5) is 10.5 Å². The van der Waals surface area contributed by atoms with Crippen LogP contribution in [-0.2, 0) is 22.1 Å². The fourth-order valence-electron chi connectivity index (χ4n) is 2.51. The number of halogens is 1. The number of benzene rings is 2. The highest BCUT2D eigenvalue weighted by molar-refractivity contribution is 7.90. The Morgan fingerprint density at radius 1 is 0.964 bits per heavy atom. The number of nitrogens with zero attached hydrogens (tertiary/aromatic N) is 1. The fourth-order valence-corrected chi connectivity index (χ4v) is 4.15. The zero-order valence-corrected chi connectivity index (χ0v) is 16.4. The summed E-state index contributed by atoms with van der Waals surface area (Å²) in [5.74, 6) is -0.151. The Balaban J connectivity index is 1.58. The lowest BCUT2D eigenvalue weighted by Crippen LogP contribution is -2.28. The van der Waals surface area contributed by atoms with Gasteiger partial charge in [0.1, 0.15) is 0 Å². The van der Waals surface area contributed by atoms with Gasteiger partial charge in [-0.05, 0) is 53.6 Å². The molecule has 2 amide bonds. The number of amides is 2. The van der Waals surface area contributed by atoms with Crippen LogP contribution in [-0.4, -0.2) is 19.4 Å². The highest BCUT2D eigenvalue weighted by atomic mass is 35.5. The molecule has 28 heavy (non-hydrogen) atoms. The summed E-state index contributed by atoms with van der Waals surface area (Å²) in [7, 11) is -3.50. The number of hydrogen-bond donors (Lipinski definition) is 2. The molecular weight excluding hydrogens is 398 g/mol. The minimum Gasteiger partial charge on any atom is -0.334 e. The quantitative estimate of drug-likeness (QED) is 0.636. The van der Waals surface area contributed by atoms with Crippen LogP contribution in [0.5, 0.6) is 0 Å². The molecule has 144 valence electrons. The zero-order chi connectivity index (χ0) is 20.0. The summed E-state index contributed by atoms with van der Waals surface area (Å²) in [6.07, 6.45) is 3.32. The molecule has 0 aliphatic carbocycles. The van der Waals surface area contributed by atoms with E-state index in [9.17, 15) is 13.2 Å². The van der Waals surface area contributed by atoms with Gasteiger partial charge in [0.05, 0.1) is 10.6 Å². The average Bonchev–Trinajstić information content (AvgIpc) is 2.68. The first kappa shape index (κ1) is 19.9. The molecule has 3 rings (SSSR count). The highest BCUT2D eigenvalue weighted by Crippen LogP contribution is 2.21. The number of pyridine rings is 1. The number of rotatable bonds is 6. The highest BCUT2D eigenvalue weighted by Gasteiger charge is 2.15. The number of sulfone groups is 1. The van der Waals surface area contributed by atoms with Crippen LogP contribution in [0.3, 0.4) is 0 Å². The minimum absolute atomic E-state index is 0.151. The van der Waals surface area contributed by atoms with Crippen molar-refractivity contribution < 1.29 is 13.2 Å². The van der Waals surface area contributed by atoms with Gasteiger partial charge in [-0.3, -0.25) is 4.98 Å². The van der Waals surface area contributed by atoms with E-state index in [2.05, 4.69) is 15.6 Å². The van der Waals surface area contributed by atoms with E-state index < -0.39 is 9.84 Å². The van der Waals surface area contributed by atoms with Crippen molar-refractivity contribution in [1.29, 1.82) is 0 Å². The fraction of sp³-hybridized carbons (Fsp3) is 0.100. The van der Waals surface area contributed by atoms with Crippen molar-refractivity contribution in [2.24, 2.45) is 0 Å². The van der Waals surface area contributed by atoms with E-state index >= 15 is 0 Å². The molecule has 8 heteroatoms. The van der Waals surface area contributed by atoms with Crippen molar-refractivity contribution in [2.75, 3.05) is 5.32 Å². The van der Waals surface area contributed by atoms with Crippen LogP contribution in [0, 0.1) is 0 Å². The molecule has 6 nitrogen and oxygen atoms in total. The maximum absolute atomic E-state index is 12.5. The first-order valence-electron chi connectivity index (χ1n) is 8.43. The topological polar surface area (TPSA) is 88.2 Å². The van der Waals surface area contributed by atoms with Crippen LogP contribution in [0.1, 0.15) is 11.1 Å². The van der Waals surface area contributed by atoms with E-state index in [1.807, 2.05) is 12.1 Å². The average molecular weight is 416 g/mol. The number of nitrogens with one attached hydrogen (secondary N) is 2. The molecule has 0 unspecified atom stereocenters. The molecule has 0 aliphatic heterocycles. The molecule has 2 aromatic carbocycles. The number of urea groups is 1. The van der Waals surface area contributed by atoms with Crippen molar-refractivity contribution in [3.63, 3.8) is 0 Å². The van der Waals surface area contributed by atoms with Crippen molar-refractivity contribution >= 4 is 33.2 Å². The summed E-state index contributed by atoms with van der Waals surface area (Å²) in [6, 6.07) is 16.1. The number of anilines is 1. The molecule has 0 atom stereocenters. The normalized spacial score (nSPS) is 11.0. The van der Waals surface area contributed by atoms with Crippen molar-refractivity contribution in [2.45, 2.75) is 17.2 Å². The Morgan fingerprint density at radius 3 is 2.36 bits per heavy atom. The van der Waals surface area contributed by atoms with E-state index in [-0.39, 0.29) is 16.7 Å². The first-order valence-corrected chi connectivity index (χ1v) is 10.5. The van der Waals surface area contributed by atoms with E-state index in [0.29, 0.717) is 22.8 Å². The third-order valence-electron chi connectivity index (χ3n) is 3.93. The van der Waals surface area contributed by atoms with Gasteiger partial charge in [0.25, 0.3) is 0 Å². The summed E-state index contributed by atoms with van der Waals surface area (Å²) in [5, 5.41) is 5.82. The van der Waals surface area contributed by atoms with E-state index in [1.54, 1.807) is 48.8 Å². The Bertz CT molecular complexity index is 1060. The predicted molar refractivity (Wildman–Crippen MR) is 109 cm³/mol. The van der Waals surface area contributed by atoms with Gasteiger partial charge in [-0.15, -0.1) is 0 Å². The van der Waals surface area contributed by atoms with Crippen LogP contribution in [0.2, 0.25) is 5.02 Å². The van der Waals surface area contributed by atoms with E-state index in [0.717, 1.165) is 5.56 Å². The van der Waals surface area contributed by atoms with Gasteiger partial charge in [0, 0.05) is 29.6 Å². The van der Waals surface area contributed by atoms with Crippen molar-refractivity contribution in [3.05, 3.63) is 89.2 Å². The Labute approximate surface area is 168 Å². The monoisotopic (exact) mass is 415 g/mol. The molecular formula is C20H18ClN3O3S. The number of hydrogen-bond acceptors (Lipinski definition) is 4. The second kappa shape index (κ2) is 8.86. The lowest BCUT2D eigenvalue weighted by atomic mass is 10.2. The standard InChI is InChI=1S/C20H18ClN3O3S/c21-17-2-1-3-19(12-17)28(26,27)14-16-4-6-18(7-5-16)24-20(25)23-13-15-8-10-22-11-9-15/h1-12H,13-14H2,(H2,23,24,25). The van der Waals surface area contributed by atoms with Gasteiger partial charge in [-0.1, -0.05) is 29.8 Å². The number of carbonyl (C=O) groups is 1. The summed E-state index contributed by atoms with van der Waals surface area (Å²) < 4.78 is 25.0. The Hall–Kier alpha value is -2.90. The SMILES string of the molecule is O=C(NCc1ccncc1)Nc1ccc(CS(=O)(=O)c2cccc(Cl)c2)cc1. The molecule has 3 aromatic rings. The Kier molecular flexibility index (Phi) is 6.28. The van der Waals surface area contributed by atoms with E-state index in [4.69, 9.17) is 11.6 Å². The largest absolute Gasteiger partial charge is 0.334 e. The molecule has 0 aliphatic rings. The summed E-state index contributed by atoms with van der Waals surface area (Å²) in [5.41, 5.74) is 2.12. The lowest BCUT2D eigenvalue weighted by Gasteiger charge is -2.09. The molecule has 0 fully saturated rings. The van der Waals surface area contributed by atoms with Gasteiger partial charge in [-0.2, -0.15) is 0 Å². The Morgan fingerprint density at radius 2 is 1.68 bits per heavy atom. The number of aromatic nitrogens is 1. The zero-order valence-electron chi connectivity index (χ0n) is 14.8. The summed E-state index contributed by atoms with van der Waals surface area (Å²) in [6.45, 7) is 0.379. The van der Waals surface area contributed by atoms with E-state index in [1.165, 1.54) is 12.1 Å². The molecule has 0 saturated carbocycles. The summed E-state index contributed by atoms with van der Waals surface area (Å²) in [4.78, 5) is 16.1. The maximum Gasteiger partial charge on any atom is 0.319 e. The van der Waals surface area contributed by atoms with Gasteiger partial charge in [0.15, 0.2) is 9.84 Å². The first-order chi connectivity index (χ1) is 13.4. The third kappa shape index (κ3) is 5.55. The smallest absolute Gasteiger partial charge is 0.319 e. The molecule has 2 N–H and O–H groups in total. The molecule has 0 saturated heterocycles. The van der Waals surface area contributed by atoms with Gasteiger partial charge in [-0.25, -0.2) is 13.2 Å². The third-order valence-corrected chi connectivity index (χ3v) is 5.85. The molecule has 1 heterocycles. The molecule has 0 spiro atoms. The molecule has 1 aromatic heterocycles. The maximum atomic E-state index is 12.5. The predicted octanol–water partition coefficient (Wildman–Crippen LogP) is 4.03. The second-order valence-corrected chi connectivity index (χ2v) is 8.50. The van der Waals surface area contributed by atoms with Gasteiger partial charge >= 0.3 is 6.03 Å². The number of carbonyl (C=O) groups excluding carboxylic acids is 1. The van der Waals surface area contributed by atoms with Crippen LogP contribution < -0.4 is 10.6 Å². The second-order valence-electron chi connectivity index (χ2n) is 6.08. The van der Waals surface area contributed by atoms with Crippen LogP contribution >= 0.6 is 11.6 Å². The van der Waals surface area contributed by atoms with Crippen LogP contribution in [0.25, 0.3) is 0 Å². The molecule has 0 bridgehead atoms.